The third kappa shape index (κ3) is 9.04. The summed E-state index contributed by atoms with van der Waals surface area (Å²) in [7, 11) is 0. The van der Waals surface area contributed by atoms with E-state index in [1.165, 1.54) is 16.7 Å². The molecule has 0 N–H and O–H groups in total. The van der Waals surface area contributed by atoms with Gasteiger partial charge in [0.1, 0.15) is 5.83 Å². The molecule has 0 saturated carbocycles. The minimum atomic E-state index is -0.0865. The summed E-state index contributed by atoms with van der Waals surface area (Å²) >= 11 is 0. The highest BCUT2D eigenvalue weighted by molar-refractivity contribution is 5.34. The van der Waals surface area contributed by atoms with Crippen molar-refractivity contribution >= 4 is 0 Å². The van der Waals surface area contributed by atoms with Gasteiger partial charge in [0.25, 0.3) is 0 Å². The average molecular weight is 369 g/mol. The van der Waals surface area contributed by atoms with Gasteiger partial charge in [0.15, 0.2) is 0 Å². The van der Waals surface area contributed by atoms with E-state index in [4.69, 9.17) is 0 Å². The van der Waals surface area contributed by atoms with Gasteiger partial charge in [-0.3, -0.25) is 0 Å². The van der Waals surface area contributed by atoms with Crippen LogP contribution in [0.1, 0.15) is 65.0 Å². The Hall–Kier alpha value is -1.89. The van der Waals surface area contributed by atoms with Gasteiger partial charge < -0.3 is 0 Å². The van der Waals surface area contributed by atoms with Gasteiger partial charge in [0.05, 0.1) is 0 Å². The number of hydrogen-bond acceptors (Lipinski definition) is 0. The molecule has 0 saturated heterocycles. The molecule has 1 heteroatoms. The van der Waals surface area contributed by atoms with E-state index in [0.29, 0.717) is 5.92 Å². The van der Waals surface area contributed by atoms with E-state index in [0.717, 1.165) is 36.8 Å². The Labute approximate surface area is 166 Å². The summed E-state index contributed by atoms with van der Waals surface area (Å²) in [5.74, 6) is 0.756. The van der Waals surface area contributed by atoms with E-state index in [1.54, 1.807) is 6.08 Å². The first-order valence-electron chi connectivity index (χ1n) is 10.2. The van der Waals surface area contributed by atoms with Gasteiger partial charge in [-0.05, 0) is 68.6 Å². The molecule has 0 spiro atoms. The van der Waals surface area contributed by atoms with Gasteiger partial charge in [-0.15, -0.1) is 0 Å². The van der Waals surface area contributed by atoms with E-state index in [9.17, 15) is 4.39 Å². The van der Waals surface area contributed by atoms with Crippen LogP contribution in [0.15, 0.2) is 71.6 Å². The summed E-state index contributed by atoms with van der Waals surface area (Å²) in [4.78, 5) is 0. The molecule has 148 valence electrons. The van der Waals surface area contributed by atoms with Crippen molar-refractivity contribution in [3.8, 4) is 0 Å². The Morgan fingerprint density at radius 1 is 1.19 bits per heavy atom. The molecule has 1 aromatic rings. The zero-order valence-corrected chi connectivity index (χ0v) is 18.1. The molecule has 0 heterocycles. The summed E-state index contributed by atoms with van der Waals surface area (Å²) in [6, 6.07) is 8.61. The van der Waals surface area contributed by atoms with Gasteiger partial charge in [0, 0.05) is 0 Å². The zero-order chi connectivity index (χ0) is 20.4. The molecular formula is C26H37F. The molecule has 0 radical (unpaired) electrons. The normalized spacial score (nSPS) is 23.5. The minimum Gasteiger partial charge on any atom is -0.207 e. The SMILES string of the molecule is C=C1C/C(C)=C/C=C(F)\C(CCC(C)C)=C\C1C.CCc1cccc(C)c1. The van der Waals surface area contributed by atoms with Gasteiger partial charge in [0.2, 0.25) is 0 Å². The van der Waals surface area contributed by atoms with E-state index >= 15 is 0 Å². The fourth-order valence-corrected chi connectivity index (χ4v) is 2.98. The van der Waals surface area contributed by atoms with Crippen molar-refractivity contribution in [2.75, 3.05) is 0 Å². The quantitative estimate of drug-likeness (QED) is 0.469. The van der Waals surface area contributed by atoms with Crippen molar-refractivity contribution in [3.63, 3.8) is 0 Å². The predicted octanol–water partition coefficient (Wildman–Crippen LogP) is 8.30. The van der Waals surface area contributed by atoms with Gasteiger partial charge in [-0.1, -0.05) is 87.4 Å². The maximum Gasteiger partial charge on any atom is 0.126 e. The lowest BCUT2D eigenvalue weighted by Gasteiger charge is -2.13. The van der Waals surface area contributed by atoms with E-state index in [1.807, 2.05) is 19.1 Å². The van der Waals surface area contributed by atoms with Crippen molar-refractivity contribution in [3.05, 3.63) is 82.7 Å². The highest BCUT2D eigenvalue weighted by Gasteiger charge is 2.12. The Balaban J connectivity index is 0.000000337. The molecule has 0 aromatic heterocycles. The molecule has 0 fully saturated rings. The molecule has 0 bridgehead atoms. The summed E-state index contributed by atoms with van der Waals surface area (Å²) in [5.41, 5.74) is 5.95. The summed E-state index contributed by atoms with van der Waals surface area (Å²) in [5, 5.41) is 0. The van der Waals surface area contributed by atoms with Crippen LogP contribution in [-0.4, -0.2) is 0 Å². The lowest BCUT2D eigenvalue weighted by Crippen LogP contribution is -1.98. The molecular weight excluding hydrogens is 331 g/mol. The fourth-order valence-electron chi connectivity index (χ4n) is 2.98. The Bertz CT molecular complexity index is 701. The highest BCUT2D eigenvalue weighted by atomic mass is 19.1. The lowest BCUT2D eigenvalue weighted by atomic mass is 9.93. The number of aryl methyl sites for hydroxylation is 2. The third-order valence-corrected chi connectivity index (χ3v) is 4.90. The summed E-state index contributed by atoms with van der Waals surface area (Å²) in [6.45, 7) is 16.9. The topological polar surface area (TPSA) is 0 Å². The molecule has 0 nitrogen and oxygen atoms in total. The van der Waals surface area contributed by atoms with Crippen LogP contribution < -0.4 is 0 Å². The van der Waals surface area contributed by atoms with Crippen LogP contribution in [0.5, 0.6) is 0 Å². The molecule has 1 aliphatic rings. The van der Waals surface area contributed by atoms with Gasteiger partial charge in [-0.2, -0.15) is 0 Å². The first-order chi connectivity index (χ1) is 12.7. The monoisotopic (exact) mass is 368 g/mol. The molecule has 1 aromatic carbocycles. The zero-order valence-electron chi connectivity index (χ0n) is 18.1. The van der Waals surface area contributed by atoms with Crippen molar-refractivity contribution in [2.45, 2.75) is 67.2 Å². The molecule has 0 aliphatic heterocycles. The number of allylic oxidation sites excluding steroid dienone is 7. The Morgan fingerprint density at radius 2 is 1.89 bits per heavy atom. The maximum atomic E-state index is 14.1. The predicted molar refractivity (Wildman–Crippen MR) is 119 cm³/mol. The van der Waals surface area contributed by atoms with E-state index in [2.05, 4.69) is 65.5 Å². The number of hydrogen-bond donors (Lipinski definition) is 0. The second-order valence-corrected chi connectivity index (χ2v) is 8.12. The lowest BCUT2D eigenvalue weighted by molar-refractivity contribution is 0.562. The van der Waals surface area contributed by atoms with E-state index in [-0.39, 0.29) is 11.7 Å². The summed E-state index contributed by atoms with van der Waals surface area (Å²) < 4.78 is 14.1. The first-order valence-corrected chi connectivity index (χ1v) is 10.2. The average Bonchev–Trinajstić information content (AvgIpc) is 2.66. The minimum absolute atomic E-state index is 0.0865. The second kappa shape index (κ2) is 11.7. The fraction of sp³-hybridized carbons (Fsp3) is 0.462. The van der Waals surface area contributed by atoms with Crippen molar-refractivity contribution in [2.24, 2.45) is 11.8 Å². The summed E-state index contributed by atoms with van der Waals surface area (Å²) in [6.07, 6.45) is 9.36. The van der Waals surface area contributed by atoms with Gasteiger partial charge >= 0.3 is 0 Å². The molecule has 0 amide bonds. The number of benzene rings is 1. The molecule has 2 rings (SSSR count). The van der Waals surface area contributed by atoms with Crippen molar-refractivity contribution in [1.82, 2.24) is 0 Å². The molecule has 1 unspecified atom stereocenters. The van der Waals surface area contributed by atoms with Crippen LogP contribution in [0.4, 0.5) is 4.39 Å². The number of halogens is 1. The van der Waals surface area contributed by atoms with Crippen LogP contribution in [0.2, 0.25) is 0 Å². The number of rotatable bonds is 4. The van der Waals surface area contributed by atoms with Crippen LogP contribution in [0, 0.1) is 18.8 Å². The molecule has 1 aliphatic carbocycles. The highest BCUT2D eigenvalue weighted by Crippen LogP contribution is 2.28. The first kappa shape index (κ1) is 23.1. The molecule has 1 atom stereocenters. The maximum absolute atomic E-state index is 14.1. The van der Waals surface area contributed by atoms with Gasteiger partial charge in [-0.25, -0.2) is 4.39 Å². The van der Waals surface area contributed by atoms with Crippen LogP contribution >= 0.6 is 0 Å². The van der Waals surface area contributed by atoms with Crippen molar-refractivity contribution in [1.29, 1.82) is 0 Å². The largest absolute Gasteiger partial charge is 0.207 e. The molecule has 27 heavy (non-hydrogen) atoms. The van der Waals surface area contributed by atoms with E-state index < -0.39 is 0 Å². The van der Waals surface area contributed by atoms with Crippen LogP contribution in [0.25, 0.3) is 0 Å². The standard InChI is InChI=1S/C17H25F.C9H12/c1-12(2)6-8-16-11-15(5)14(4)10-13(3)7-9-17(16)18;1-3-9-6-4-5-8(2)7-9/h7,9,11-12,15H,4,6,8,10H2,1-3,5H3;4-7H,3H2,1-2H3/b13-7+,16-11+,17-9+;. The van der Waals surface area contributed by atoms with Crippen LogP contribution in [0.3, 0.4) is 0 Å². The van der Waals surface area contributed by atoms with Crippen LogP contribution in [-0.2, 0) is 6.42 Å². The third-order valence-electron chi connectivity index (χ3n) is 4.90. The Kier molecular flexibility index (Phi) is 10.1. The Morgan fingerprint density at radius 3 is 2.44 bits per heavy atom. The second-order valence-electron chi connectivity index (χ2n) is 8.12. The smallest absolute Gasteiger partial charge is 0.126 e. The van der Waals surface area contributed by atoms with Crippen molar-refractivity contribution < 1.29 is 4.39 Å².